The minimum absolute atomic E-state index is 0.0950. The first-order chi connectivity index (χ1) is 9.01. The highest BCUT2D eigenvalue weighted by Crippen LogP contribution is 2.29. The van der Waals surface area contributed by atoms with Crippen LogP contribution in [0.1, 0.15) is 18.3 Å². The zero-order valence-electron chi connectivity index (χ0n) is 10.6. The fraction of sp³-hybridized carbons (Fsp3) is 0.231. The number of halogens is 2. The molecule has 2 N–H and O–H groups in total. The Labute approximate surface area is 119 Å². The Balaban J connectivity index is 2.42. The van der Waals surface area contributed by atoms with E-state index in [9.17, 15) is 4.39 Å². The van der Waals surface area contributed by atoms with Crippen LogP contribution in [0.15, 0.2) is 22.7 Å². The van der Waals surface area contributed by atoms with E-state index in [2.05, 4.69) is 25.9 Å². The predicted octanol–water partition coefficient (Wildman–Crippen LogP) is 3.62. The third-order valence-corrected chi connectivity index (χ3v) is 3.09. The van der Waals surface area contributed by atoms with Gasteiger partial charge in [-0.15, -0.1) is 0 Å². The van der Waals surface area contributed by atoms with Gasteiger partial charge in [0.25, 0.3) is 0 Å². The summed E-state index contributed by atoms with van der Waals surface area (Å²) in [5.41, 5.74) is 6.38. The summed E-state index contributed by atoms with van der Waals surface area (Å²) in [6, 6.07) is 4.46. The van der Waals surface area contributed by atoms with E-state index in [1.807, 2.05) is 6.92 Å². The molecule has 2 aromatic rings. The van der Waals surface area contributed by atoms with Gasteiger partial charge >= 0.3 is 0 Å². The Morgan fingerprint density at radius 2 is 2.11 bits per heavy atom. The summed E-state index contributed by atoms with van der Waals surface area (Å²) in [6.07, 6.45) is 0.627. The van der Waals surface area contributed by atoms with Crippen LogP contribution in [0.2, 0.25) is 0 Å². The Kier molecular flexibility index (Phi) is 3.99. The van der Waals surface area contributed by atoms with Crippen molar-refractivity contribution < 1.29 is 9.13 Å². The van der Waals surface area contributed by atoms with Crippen LogP contribution in [0, 0.1) is 12.7 Å². The number of nitrogens with zero attached hydrogens (tertiary/aromatic N) is 2. The molecule has 0 aliphatic rings. The molecule has 1 aromatic carbocycles. The van der Waals surface area contributed by atoms with E-state index in [0.717, 1.165) is 4.47 Å². The van der Waals surface area contributed by atoms with Crippen LogP contribution in [-0.2, 0) is 6.42 Å². The summed E-state index contributed by atoms with van der Waals surface area (Å²) in [4.78, 5) is 8.34. The van der Waals surface area contributed by atoms with Gasteiger partial charge in [-0.1, -0.05) is 22.9 Å². The lowest BCUT2D eigenvalue weighted by atomic mass is 10.3. The molecule has 2 rings (SSSR count). The third-order valence-electron chi connectivity index (χ3n) is 2.60. The average Bonchev–Trinajstić information content (AvgIpc) is 2.38. The monoisotopic (exact) mass is 325 g/mol. The molecule has 100 valence electrons. The zero-order chi connectivity index (χ0) is 14.0. The van der Waals surface area contributed by atoms with Crippen molar-refractivity contribution in [1.29, 1.82) is 0 Å². The molecule has 19 heavy (non-hydrogen) atoms. The standard InChI is InChI=1S/C13H13BrFN3O/c1-3-11-17-12(16)7(2)13(18-11)19-10-6-8(14)4-5-9(10)15/h4-6H,3H2,1-2H3,(H2,16,17,18). The summed E-state index contributed by atoms with van der Waals surface area (Å²) in [5, 5.41) is 0. The van der Waals surface area contributed by atoms with Gasteiger partial charge < -0.3 is 10.5 Å². The highest BCUT2D eigenvalue weighted by atomic mass is 79.9. The largest absolute Gasteiger partial charge is 0.435 e. The third kappa shape index (κ3) is 3.01. The van der Waals surface area contributed by atoms with Crippen LogP contribution in [0.4, 0.5) is 10.2 Å². The molecule has 0 saturated heterocycles. The number of hydrogen-bond donors (Lipinski definition) is 1. The van der Waals surface area contributed by atoms with E-state index in [1.54, 1.807) is 19.1 Å². The van der Waals surface area contributed by atoms with Crippen molar-refractivity contribution in [1.82, 2.24) is 9.97 Å². The second-order valence-corrected chi connectivity index (χ2v) is 4.90. The van der Waals surface area contributed by atoms with Crippen molar-refractivity contribution in [3.63, 3.8) is 0 Å². The molecule has 4 nitrogen and oxygen atoms in total. The predicted molar refractivity (Wildman–Crippen MR) is 74.7 cm³/mol. The lowest BCUT2D eigenvalue weighted by molar-refractivity contribution is 0.421. The molecule has 0 saturated carbocycles. The fourth-order valence-electron chi connectivity index (χ4n) is 1.48. The molecular formula is C13H13BrFN3O. The van der Waals surface area contributed by atoms with Gasteiger partial charge in [0.05, 0.1) is 5.56 Å². The lowest BCUT2D eigenvalue weighted by Gasteiger charge is -2.11. The van der Waals surface area contributed by atoms with Gasteiger partial charge in [0.1, 0.15) is 11.6 Å². The van der Waals surface area contributed by atoms with Crippen molar-refractivity contribution in [2.24, 2.45) is 0 Å². The van der Waals surface area contributed by atoms with Crippen molar-refractivity contribution in [2.75, 3.05) is 5.73 Å². The first kappa shape index (κ1) is 13.7. The topological polar surface area (TPSA) is 61.0 Å². The molecular weight excluding hydrogens is 313 g/mol. The van der Waals surface area contributed by atoms with Crippen molar-refractivity contribution in [3.05, 3.63) is 39.9 Å². The number of ether oxygens (including phenoxy) is 1. The van der Waals surface area contributed by atoms with Crippen LogP contribution in [0.25, 0.3) is 0 Å². The van der Waals surface area contributed by atoms with Crippen LogP contribution < -0.4 is 10.5 Å². The summed E-state index contributed by atoms with van der Waals surface area (Å²) in [7, 11) is 0. The molecule has 6 heteroatoms. The zero-order valence-corrected chi connectivity index (χ0v) is 12.2. The minimum atomic E-state index is -0.460. The Hall–Kier alpha value is -1.69. The fourth-order valence-corrected chi connectivity index (χ4v) is 1.82. The lowest BCUT2D eigenvalue weighted by Crippen LogP contribution is -2.04. The Morgan fingerprint density at radius 3 is 2.79 bits per heavy atom. The van der Waals surface area contributed by atoms with Gasteiger partial charge in [0.15, 0.2) is 11.6 Å². The maximum atomic E-state index is 13.6. The maximum Gasteiger partial charge on any atom is 0.227 e. The molecule has 0 fully saturated rings. The van der Waals surface area contributed by atoms with E-state index in [0.29, 0.717) is 23.6 Å². The molecule has 0 bridgehead atoms. The average molecular weight is 326 g/mol. The van der Waals surface area contributed by atoms with Crippen LogP contribution >= 0.6 is 15.9 Å². The van der Waals surface area contributed by atoms with Gasteiger partial charge in [0, 0.05) is 10.9 Å². The Morgan fingerprint density at radius 1 is 1.37 bits per heavy atom. The van der Waals surface area contributed by atoms with E-state index in [-0.39, 0.29) is 11.6 Å². The molecule has 0 aliphatic heterocycles. The minimum Gasteiger partial charge on any atom is -0.435 e. The van der Waals surface area contributed by atoms with Crippen molar-refractivity contribution >= 4 is 21.7 Å². The maximum absolute atomic E-state index is 13.6. The number of anilines is 1. The number of aromatic nitrogens is 2. The Bertz CT molecular complexity index is 619. The molecule has 0 spiro atoms. The molecule has 0 atom stereocenters. The van der Waals surface area contributed by atoms with E-state index in [4.69, 9.17) is 10.5 Å². The molecule has 0 aliphatic carbocycles. The smallest absolute Gasteiger partial charge is 0.227 e. The summed E-state index contributed by atoms with van der Waals surface area (Å²) in [6.45, 7) is 3.65. The second-order valence-electron chi connectivity index (χ2n) is 3.99. The van der Waals surface area contributed by atoms with Gasteiger partial charge in [-0.05, 0) is 25.1 Å². The van der Waals surface area contributed by atoms with Crippen LogP contribution in [0.3, 0.4) is 0 Å². The normalized spacial score (nSPS) is 10.5. The molecule has 1 aromatic heterocycles. The van der Waals surface area contributed by atoms with E-state index < -0.39 is 5.82 Å². The number of hydrogen-bond acceptors (Lipinski definition) is 4. The number of aryl methyl sites for hydroxylation is 1. The van der Waals surface area contributed by atoms with Gasteiger partial charge in [-0.3, -0.25) is 0 Å². The van der Waals surface area contributed by atoms with Gasteiger partial charge in [0.2, 0.25) is 5.88 Å². The van der Waals surface area contributed by atoms with E-state index >= 15 is 0 Å². The number of benzene rings is 1. The first-order valence-electron chi connectivity index (χ1n) is 5.77. The molecule has 1 heterocycles. The summed E-state index contributed by atoms with van der Waals surface area (Å²) < 4.78 is 19.9. The highest BCUT2D eigenvalue weighted by molar-refractivity contribution is 9.10. The van der Waals surface area contributed by atoms with Gasteiger partial charge in [-0.25, -0.2) is 9.37 Å². The second kappa shape index (κ2) is 5.52. The van der Waals surface area contributed by atoms with Crippen molar-refractivity contribution in [2.45, 2.75) is 20.3 Å². The number of rotatable bonds is 3. The summed E-state index contributed by atoms with van der Waals surface area (Å²) in [5.74, 6) is 0.822. The molecule has 0 amide bonds. The quantitative estimate of drug-likeness (QED) is 0.936. The molecule has 0 radical (unpaired) electrons. The highest BCUT2D eigenvalue weighted by Gasteiger charge is 2.12. The number of nitrogen functional groups attached to an aromatic ring is 1. The number of nitrogens with two attached hydrogens (primary N) is 1. The SMILES string of the molecule is CCc1nc(N)c(C)c(Oc2cc(Br)ccc2F)n1. The van der Waals surface area contributed by atoms with Crippen LogP contribution in [0.5, 0.6) is 11.6 Å². The first-order valence-corrected chi connectivity index (χ1v) is 6.56. The summed E-state index contributed by atoms with van der Waals surface area (Å²) >= 11 is 3.27. The van der Waals surface area contributed by atoms with Crippen LogP contribution in [-0.4, -0.2) is 9.97 Å². The van der Waals surface area contributed by atoms with E-state index in [1.165, 1.54) is 6.07 Å². The molecule has 0 unspecified atom stereocenters. The van der Waals surface area contributed by atoms with Crippen molar-refractivity contribution in [3.8, 4) is 11.6 Å². The van der Waals surface area contributed by atoms with Gasteiger partial charge in [-0.2, -0.15) is 4.98 Å².